The molecular formula is C14H14N2O5. The summed E-state index contributed by atoms with van der Waals surface area (Å²) in [5, 5.41) is 10.9. The maximum Gasteiger partial charge on any atom is 0.322 e. The highest BCUT2D eigenvalue weighted by molar-refractivity contribution is 6.02. The molecule has 21 heavy (non-hydrogen) atoms. The number of benzene rings is 1. The van der Waals surface area contributed by atoms with Gasteiger partial charge in [-0.15, -0.1) is 0 Å². The van der Waals surface area contributed by atoms with E-state index in [0.717, 1.165) is 5.56 Å². The van der Waals surface area contributed by atoms with Crippen LogP contribution in [0.3, 0.4) is 0 Å². The number of carbonyl (C=O) groups is 3. The minimum atomic E-state index is -1.14. The van der Waals surface area contributed by atoms with E-state index in [4.69, 9.17) is 9.84 Å². The Morgan fingerprint density at radius 1 is 1.38 bits per heavy atom. The average Bonchev–Trinajstić information content (AvgIpc) is 2.92. The maximum absolute atomic E-state index is 12.4. The van der Waals surface area contributed by atoms with Gasteiger partial charge in [-0.05, 0) is 13.0 Å². The predicted molar refractivity (Wildman–Crippen MR) is 70.3 cm³/mol. The smallest absolute Gasteiger partial charge is 0.322 e. The van der Waals surface area contributed by atoms with Crippen LogP contribution in [0.15, 0.2) is 24.3 Å². The van der Waals surface area contributed by atoms with Gasteiger partial charge in [-0.1, -0.05) is 18.2 Å². The zero-order valence-electron chi connectivity index (χ0n) is 11.3. The van der Waals surface area contributed by atoms with Crippen molar-refractivity contribution in [1.29, 1.82) is 0 Å². The normalized spacial score (nSPS) is 26.4. The van der Waals surface area contributed by atoms with E-state index >= 15 is 0 Å². The second-order valence-corrected chi connectivity index (χ2v) is 5.05. The molecule has 1 fully saturated rings. The topological polar surface area (TPSA) is 95.9 Å². The highest BCUT2D eigenvalue weighted by atomic mass is 16.5. The molecular weight excluding hydrogens is 276 g/mol. The van der Waals surface area contributed by atoms with Gasteiger partial charge >= 0.3 is 5.97 Å². The van der Waals surface area contributed by atoms with E-state index in [1.807, 2.05) is 6.07 Å². The highest BCUT2D eigenvalue weighted by Crippen LogP contribution is 2.42. The second-order valence-electron chi connectivity index (χ2n) is 5.05. The van der Waals surface area contributed by atoms with Crippen LogP contribution in [0.5, 0.6) is 0 Å². The van der Waals surface area contributed by atoms with Crippen molar-refractivity contribution < 1.29 is 24.2 Å². The van der Waals surface area contributed by atoms with Crippen molar-refractivity contribution in [2.45, 2.75) is 25.3 Å². The van der Waals surface area contributed by atoms with Crippen LogP contribution in [-0.4, -0.2) is 46.5 Å². The summed E-state index contributed by atoms with van der Waals surface area (Å²) in [7, 11) is 0. The first kappa shape index (κ1) is 13.6. The van der Waals surface area contributed by atoms with Crippen LogP contribution >= 0.6 is 0 Å². The molecule has 0 bridgehead atoms. The maximum atomic E-state index is 12.4. The summed E-state index contributed by atoms with van der Waals surface area (Å²) in [6, 6.07) is 6.22. The molecule has 2 amide bonds. The van der Waals surface area contributed by atoms with Crippen LogP contribution < -0.4 is 5.32 Å². The molecule has 2 N–H and O–H groups in total. The molecule has 7 nitrogen and oxygen atoms in total. The third kappa shape index (κ3) is 2.06. The van der Waals surface area contributed by atoms with Gasteiger partial charge in [0.05, 0.1) is 6.10 Å². The fraction of sp³-hybridized carbons (Fsp3) is 0.357. The first-order valence-corrected chi connectivity index (χ1v) is 6.57. The zero-order valence-corrected chi connectivity index (χ0v) is 11.3. The van der Waals surface area contributed by atoms with Gasteiger partial charge in [-0.2, -0.15) is 0 Å². The number of hydrogen-bond acceptors (Lipinski definition) is 4. The third-order valence-electron chi connectivity index (χ3n) is 3.71. The van der Waals surface area contributed by atoms with Crippen molar-refractivity contribution >= 4 is 17.8 Å². The molecule has 0 saturated carbocycles. The summed E-state index contributed by atoms with van der Waals surface area (Å²) < 4.78 is 5.72. The van der Waals surface area contributed by atoms with Crippen LogP contribution in [0.1, 0.15) is 29.1 Å². The van der Waals surface area contributed by atoms with E-state index in [1.54, 1.807) is 25.1 Å². The molecule has 0 spiro atoms. The van der Waals surface area contributed by atoms with Crippen LogP contribution in [0.4, 0.5) is 0 Å². The van der Waals surface area contributed by atoms with Crippen LogP contribution in [-0.2, 0) is 14.3 Å². The second kappa shape index (κ2) is 4.85. The summed E-state index contributed by atoms with van der Waals surface area (Å²) in [4.78, 5) is 36.5. The van der Waals surface area contributed by atoms with Crippen molar-refractivity contribution in [2.24, 2.45) is 0 Å². The summed E-state index contributed by atoms with van der Waals surface area (Å²) >= 11 is 0. The van der Waals surface area contributed by atoms with Crippen LogP contribution in [0.25, 0.3) is 0 Å². The number of carboxylic acids is 1. The third-order valence-corrected chi connectivity index (χ3v) is 3.71. The Hall–Kier alpha value is -2.41. The molecule has 2 heterocycles. The molecule has 2 aliphatic rings. The largest absolute Gasteiger partial charge is 0.480 e. The lowest BCUT2D eigenvalue weighted by molar-refractivity contribution is -0.138. The number of aliphatic carboxylic acids is 1. The van der Waals surface area contributed by atoms with Gasteiger partial charge in [0.15, 0.2) is 6.23 Å². The van der Waals surface area contributed by atoms with Gasteiger partial charge in [0.25, 0.3) is 5.91 Å². The number of nitrogens with zero attached hydrogens (tertiary/aromatic N) is 1. The molecule has 1 aromatic rings. The summed E-state index contributed by atoms with van der Waals surface area (Å²) in [6.45, 7) is 1.21. The summed E-state index contributed by atoms with van der Waals surface area (Å²) in [6.07, 6.45) is -1.08. The highest BCUT2D eigenvalue weighted by Gasteiger charge is 2.52. The fourth-order valence-electron chi connectivity index (χ4n) is 2.82. The number of carbonyl (C=O) groups excluding carboxylic acids is 2. The molecule has 0 aromatic heterocycles. The van der Waals surface area contributed by atoms with Gasteiger partial charge in [-0.3, -0.25) is 19.3 Å². The van der Waals surface area contributed by atoms with Gasteiger partial charge in [0.2, 0.25) is 5.91 Å². The molecule has 2 aliphatic heterocycles. The van der Waals surface area contributed by atoms with Crippen molar-refractivity contribution in [2.75, 3.05) is 6.54 Å². The van der Waals surface area contributed by atoms with E-state index in [0.29, 0.717) is 5.56 Å². The molecule has 1 saturated heterocycles. The minimum Gasteiger partial charge on any atom is -0.480 e. The molecule has 7 heteroatoms. The SMILES string of the molecule is C[C@@H]1O[C@H]2c3ccccc3C(=O)N2[C@@H]1C(=O)NCC(=O)O. The summed E-state index contributed by atoms with van der Waals surface area (Å²) in [5.74, 6) is -1.92. The van der Waals surface area contributed by atoms with E-state index < -0.39 is 36.8 Å². The quantitative estimate of drug-likeness (QED) is 0.825. The van der Waals surface area contributed by atoms with E-state index in [2.05, 4.69) is 5.32 Å². The standard InChI is InChI=1S/C14H14N2O5/c1-7-11(12(19)15-6-10(17)18)16-13(20)8-4-2-3-5-9(8)14(16)21-7/h2-5,7,11,14H,6H2,1H3,(H,15,19)(H,17,18)/t7-,11-,14-/m0/s1. The van der Waals surface area contributed by atoms with Gasteiger partial charge in [-0.25, -0.2) is 0 Å². The van der Waals surface area contributed by atoms with E-state index in [-0.39, 0.29) is 5.91 Å². The lowest BCUT2D eigenvalue weighted by atomic mass is 10.1. The molecule has 3 atom stereocenters. The number of ether oxygens (including phenoxy) is 1. The van der Waals surface area contributed by atoms with Crippen LogP contribution in [0, 0.1) is 0 Å². The number of hydrogen-bond donors (Lipinski definition) is 2. The minimum absolute atomic E-state index is 0.268. The first-order chi connectivity index (χ1) is 10.0. The lowest BCUT2D eigenvalue weighted by Gasteiger charge is -2.22. The Morgan fingerprint density at radius 2 is 2.10 bits per heavy atom. The van der Waals surface area contributed by atoms with Crippen molar-refractivity contribution in [3.05, 3.63) is 35.4 Å². The van der Waals surface area contributed by atoms with Gasteiger partial charge in [0.1, 0.15) is 12.6 Å². The lowest BCUT2D eigenvalue weighted by Crippen LogP contribution is -2.49. The zero-order chi connectivity index (χ0) is 15.1. The van der Waals surface area contributed by atoms with Crippen molar-refractivity contribution in [3.63, 3.8) is 0 Å². The Labute approximate surface area is 120 Å². The predicted octanol–water partition coefficient (Wildman–Crippen LogP) is 0.129. The first-order valence-electron chi connectivity index (χ1n) is 6.57. The van der Waals surface area contributed by atoms with Gasteiger partial charge < -0.3 is 15.2 Å². The van der Waals surface area contributed by atoms with E-state index in [1.165, 1.54) is 4.90 Å². The molecule has 3 rings (SSSR count). The van der Waals surface area contributed by atoms with Crippen molar-refractivity contribution in [3.8, 4) is 0 Å². The number of carboxylic acid groups (broad SMARTS) is 1. The summed E-state index contributed by atoms with van der Waals surface area (Å²) in [5.41, 5.74) is 1.26. The Kier molecular flexibility index (Phi) is 3.13. The number of nitrogens with one attached hydrogen (secondary N) is 1. The van der Waals surface area contributed by atoms with Crippen molar-refractivity contribution in [1.82, 2.24) is 10.2 Å². The average molecular weight is 290 g/mol. The molecule has 0 radical (unpaired) electrons. The monoisotopic (exact) mass is 290 g/mol. The number of rotatable bonds is 3. The molecule has 0 aliphatic carbocycles. The molecule has 1 aromatic carbocycles. The Balaban J connectivity index is 1.87. The number of amides is 2. The fourth-order valence-corrected chi connectivity index (χ4v) is 2.82. The van der Waals surface area contributed by atoms with Crippen LogP contribution in [0.2, 0.25) is 0 Å². The molecule has 0 unspecified atom stereocenters. The number of fused-ring (bicyclic) bond motifs is 3. The Morgan fingerprint density at radius 3 is 2.81 bits per heavy atom. The molecule has 110 valence electrons. The van der Waals surface area contributed by atoms with Gasteiger partial charge in [0, 0.05) is 11.1 Å². The Bertz CT molecular complexity index is 630. The van der Waals surface area contributed by atoms with E-state index in [9.17, 15) is 14.4 Å².